The van der Waals surface area contributed by atoms with Crippen LogP contribution in [0.25, 0.3) is 0 Å². The van der Waals surface area contributed by atoms with E-state index in [9.17, 15) is 13.8 Å². The summed E-state index contributed by atoms with van der Waals surface area (Å²) < 4.78 is 11.9. The summed E-state index contributed by atoms with van der Waals surface area (Å²) in [7, 11) is -1.45. The summed E-state index contributed by atoms with van der Waals surface area (Å²) in [4.78, 5) is 21.8. The number of carboxylic acid groups (broad SMARTS) is 1. The maximum Gasteiger partial charge on any atom is 0.327 e. The van der Waals surface area contributed by atoms with Gasteiger partial charge in [0.15, 0.2) is 0 Å². The molecule has 6 nitrogen and oxygen atoms in total. The molecule has 0 bridgehead atoms. The van der Waals surface area contributed by atoms with Gasteiger partial charge in [0.2, 0.25) is 5.91 Å². The number of carbonyl (C=O) groups is 2. The van der Waals surface area contributed by atoms with Crippen LogP contribution < -0.4 is 5.32 Å². The molecule has 2 atom stereocenters. The van der Waals surface area contributed by atoms with Crippen molar-refractivity contribution in [2.24, 2.45) is 0 Å². The Labute approximate surface area is 118 Å². The van der Waals surface area contributed by atoms with Gasteiger partial charge in [-0.2, -0.15) is 5.26 Å². The van der Waals surface area contributed by atoms with Crippen LogP contribution in [0.15, 0.2) is 24.3 Å². The van der Waals surface area contributed by atoms with Gasteiger partial charge in [0.1, 0.15) is 6.04 Å². The minimum absolute atomic E-state index is 0.138. The molecule has 20 heavy (non-hydrogen) atoms. The Kier molecular flexibility index (Phi) is 5.87. The molecule has 0 saturated carbocycles. The van der Waals surface area contributed by atoms with Crippen molar-refractivity contribution in [3.63, 3.8) is 0 Å². The third-order valence-electron chi connectivity index (χ3n) is 2.41. The lowest BCUT2D eigenvalue weighted by molar-refractivity contribution is -0.140. The summed E-state index contributed by atoms with van der Waals surface area (Å²) in [6.45, 7) is 1.20. The molecule has 0 saturated heterocycles. The highest BCUT2D eigenvalue weighted by atomic mass is 32.2. The molecule has 1 amide bonds. The highest BCUT2D eigenvalue weighted by molar-refractivity contribution is 7.84. The lowest BCUT2D eigenvalue weighted by Crippen LogP contribution is -2.43. The number of amides is 1. The molecule has 0 aromatic heterocycles. The van der Waals surface area contributed by atoms with Crippen molar-refractivity contribution in [1.82, 2.24) is 5.32 Å². The minimum atomic E-state index is -1.45. The maximum atomic E-state index is 11.9. The average molecular weight is 294 g/mol. The molecule has 0 spiro atoms. The number of benzene rings is 1. The van der Waals surface area contributed by atoms with Crippen LogP contribution in [0.3, 0.4) is 0 Å². The van der Waals surface area contributed by atoms with Crippen LogP contribution in [0.5, 0.6) is 0 Å². The molecule has 2 unspecified atom stereocenters. The third-order valence-corrected chi connectivity index (χ3v) is 3.77. The Balaban J connectivity index is 2.68. The second kappa shape index (κ2) is 7.40. The van der Waals surface area contributed by atoms with Crippen molar-refractivity contribution < 1.29 is 18.9 Å². The van der Waals surface area contributed by atoms with E-state index in [1.54, 1.807) is 24.3 Å². The zero-order chi connectivity index (χ0) is 15.1. The smallest absolute Gasteiger partial charge is 0.327 e. The number of nitrogens with zero attached hydrogens (tertiary/aromatic N) is 1. The molecule has 1 aromatic rings. The highest BCUT2D eigenvalue weighted by Crippen LogP contribution is 2.08. The summed E-state index contributed by atoms with van der Waals surface area (Å²) in [6.07, 6.45) is 0. The second-order valence-corrected chi connectivity index (χ2v) is 5.66. The zero-order valence-electron chi connectivity index (χ0n) is 10.8. The predicted octanol–water partition coefficient (Wildman–Crippen LogP) is 0.396. The van der Waals surface area contributed by atoms with Crippen LogP contribution in [0.2, 0.25) is 0 Å². The quantitative estimate of drug-likeness (QED) is 0.789. The lowest BCUT2D eigenvalue weighted by Gasteiger charge is -2.12. The molecule has 1 rings (SSSR count). The molecule has 0 radical (unpaired) electrons. The summed E-state index contributed by atoms with van der Waals surface area (Å²) in [5.74, 6) is -1.75. The number of nitrogens with one attached hydrogen (secondary N) is 1. The first-order valence-electron chi connectivity index (χ1n) is 5.76. The normalized spacial score (nSPS) is 13.0. The number of nitriles is 1. The van der Waals surface area contributed by atoms with E-state index in [2.05, 4.69) is 5.32 Å². The number of hydrogen-bond acceptors (Lipinski definition) is 4. The fraction of sp³-hybridized carbons (Fsp3) is 0.308. The molecule has 106 valence electrons. The van der Waals surface area contributed by atoms with Crippen LogP contribution in [-0.2, 0) is 26.1 Å². The van der Waals surface area contributed by atoms with E-state index in [-0.39, 0.29) is 11.5 Å². The van der Waals surface area contributed by atoms with E-state index in [4.69, 9.17) is 10.4 Å². The van der Waals surface area contributed by atoms with Crippen molar-refractivity contribution in [2.45, 2.75) is 18.7 Å². The SMILES string of the molecule is CC(=O)NC(CS(=O)Cc1cccc(C#N)c1)C(=O)O. The highest BCUT2D eigenvalue weighted by Gasteiger charge is 2.21. The first-order chi connectivity index (χ1) is 9.42. The molecular weight excluding hydrogens is 280 g/mol. The van der Waals surface area contributed by atoms with Crippen molar-refractivity contribution in [3.8, 4) is 6.07 Å². The fourth-order valence-electron chi connectivity index (χ4n) is 1.58. The Hall–Kier alpha value is -2.20. The lowest BCUT2D eigenvalue weighted by atomic mass is 10.2. The van der Waals surface area contributed by atoms with Crippen molar-refractivity contribution in [2.75, 3.05) is 5.75 Å². The molecule has 0 aliphatic rings. The van der Waals surface area contributed by atoms with E-state index in [0.29, 0.717) is 11.1 Å². The van der Waals surface area contributed by atoms with Crippen molar-refractivity contribution >= 4 is 22.7 Å². The molecule has 0 heterocycles. The summed E-state index contributed by atoms with van der Waals surface area (Å²) in [6, 6.07) is 7.42. The number of hydrogen-bond donors (Lipinski definition) is 2. The fourth-order valence-corrected chi connectivity index (χ4v) is 2.85. The van der Waals surface area contributed by atoms with Gasteiger partial charge in [0.05, 0.1) is 17.4 Å². The van der Waals surface area contributed by atoms with Gasteiger partial charge < -0.3 is 10.4 Å². The van der Waals surface area contributed by atoms with Crippen LogP contribution in [0, 0.1) is 11.3 Å². The topological polar surface area (TPSA) is 107 Å². The summed E-state index contributed by atoms with van der Waals surface area (Å²) in [5, 5.41) is 19.9. The van der Waals surface area contributed by atoms with Gasteiger partial charge in [0, 0.05) is 23.5 Å². The number of aliphatic carboxylic acids is 1. The van der Waals surface area contributed by atoms with Crippen LogP contribution >= 0.6 is 0 Å². The van der Waals surface area contributed by atoms with Gasteiger partial charge in [-0.15, -0.1) is 0 Å². The Morgan fingerprint density at radius 1 is 1.50 bits per heavy atom. The molecular formula is C13H14N2O4S. The first-order valence-corrected chi connectivity index (χ1v) is 7.25. The summed E-state index contributed by atoms with van der Waals surface area (Å²) in [5.41, 5.74) is 1.14. The largest absolute Gasteiger partial charge is 0.480 e. The van der Waals surface area contributed by atoms with Crippen molar-refractivity contribution in [3.05, 3.63) is 35.4 Å². The first kappa shape index (κ1) is 15.9. The van der Waals surface area contributed by atoms with Gasteiger partial charge in [0.25, 0.3) is 0 Å². The molecule has 2 N–H and O–H groups in total. The predicted molar refractivity (Wildman–Crippen MR) is 73.1 cm³/mol. The van der Waals surface area contributed by atoms with E-state index in [1.165, 1.54) is 6.92 Å². The minimum Gasteiger partial charge on any atom is -0.480 e. The zero-order valence-corrected chi connectivity index (χ0v) is 11.6. The third kappa shape index (κ3) is 5.20. The number of carboxylic acids is 1. The summed E-state index contributed by atoms with van der Waals surface area (Å²) >= 11 is 0. The Bertz CT molecular complexity index is 580. The molecule has 0 aliphatic carbocycles. The molecule has 0 fully saturated rings. The van der Waals surface area contributed by atoms with E-state index in [1.807, 2.05) is 6.07 Å². The average Bonchev–Trinajstić information content (AvgIpc) is 2.37. The monoisotopic (exact) mass is 294 g/mol. The van der Waals surface area contributed by atoms with E-state index < -0.39 is 28.7 Å². The van der Waals surface area contributed by atoms with Gasteiger partial charge in [-0.05, 0) is 17.7 Å². The standard InChI is InChI=1S/C13H14N2O4S/c1-9(16)15-12(13(17)18)8-20(19)7-11-4-2-3-10(5-11)6-14/h2-5,12H,7-8H2,1H3,(H,15,16)(H,17,18). The number of carbonyl (C=O) groups excluding carboxylic acids is 1. The Morgan fingerprint density at radius 3 is 2.75 bits per heavy atom. The van der Waals surface area contributed by atoms with Gasteiger partial charge in [-0.1, -0.05) is 12.1 Å². The van der Waals surface area contributed by atoms with E-state index >= 15 is 0 Å². The van der Waals surface area contributed by atoms with Crippen LogP contribution in [0.4, 0.5) is 0 Å². The van der Waals surface area contributed by atoms with E-state index in [0.717, 1.165) is 0 Å². The Morgan fingerprint density at radius 2 is 2.20 bits per heavy atom. The second-order valence-electron chi connectivity index (χ2n) is 4.15. The molecule has 7 heteroatoms. The van der Waals surface area contributed by atoms with Crippen molar-refractivity contribution in [1.29, 1.82) is 5.26 Å². The van der Waals surface area contributed by atoms with Gasteiger partial charge in [-0.25, -0.2) is 4.79 Å². The number of rotatable bonds is 6. The molecule has 0 aliphatic heterocycles. The van der Waals surface area contributed by atoms with Crippen LogP contribution in [0.1, 0.15) is 18.1 Å². The van der Waals surface area contributed by atoms with Crippen LogP contribution in [-0.4, -0.2) is 33.0 Å². The van der Waals surface area contributed by atoms with Gasteiger partial charge >= 0.3 is 5.97 Å². The maximum absolute atomic E-state index is 11.9. The van der Waals surface area contributed by atoms with Gasteiger partial charge in [-0.3, -0.25) is 9.00 Å². The molecule has 1 aromatic carbocycles.